The third kappa shape index (κ3) is 3.69. The summed E-state index contributed by atoms with van der Waals surface area (Å²) >= 11 is 2.30. The van der Waals surface area contributed by atoms with Crippen molar-refractivity contribution in [2.45, 2.75) is 19.9 Å². The van der Waals surface area contributed by atoms with Crippen molar-refractivity contribution in [3.63, 3.8) is 0 Å². The second kappa shape index (κ2) is 6.00. The largest absolute Gasteiger partial charge is 0.492 e. The van der Waals surface area contributed by atoms with Gasteiger partial charge in [0, 0.05) is 13.0 Å². The Balaban J connectivity index is 1.78. The number of ether oxygens (including phenoxy) is 1. The Morgan fingerprint density at radius 3 is 3.00 bits per heavy atom. The van der Waals surface area contributed by atoms with Crippen LogP contribution in [0.1, 0.15) is 12.0 Å². The van der Waals surface area contributed by atoms with Crippen molar-refractivity contribution in [2.24, 2.45) is 0 Å². The molecule has 2 aromatic rings. The number of benzene rings is 1. The fourth-order valence-corrected chi connectivity index (χ4v) is 2.31. The van der Waals surface area contributed by atoms with Crippen LogP contribution in [-0.4, -0.2) is 21.4 Å². The molecule has 0 radical (unpaired) electrons. The molecule has 4 nitrogen and oxygen atoms in total. The highest BCUT2D eigenvalue weighted by atomic mass is 127. The molecule has 17 heavy (non-hydrogen) atoms. The normalized spacial score (nSPS) is 10.5. The second-order valence-electron chi connectivity index (χ2n) is 3.79. The SMILES string of the molecule is Cc1ccc(OCCCn2cncn2)c(I)c1. The van der Waals surface area contributed by atoms with E-state index in [0.29, 0.717) is 6.61 Å². The lowest BCUT2D eigenvalue weighted by Gasteiger charge is -2.08. The summed E-state index contributed by atoms with van der Waals surface area (Å²) < 4.78 is 8.69. The first kappa shape index (κ1) is 12.3. The first-order chi connectivity index (χ1) is 8.25. The zero-order valence-corrected chi connectivity index (χ0v) is 11.8. The van der Waals surface area contributed by atoms with Gasteiger partial charge in [0.2, 0.25) is 0 Å². The summed E-state index contributed by atoms with van der Waals surface area (Å²) in [7, 11) is 0. The van der Waals surface area contributed by atoms with E-state index in [1.54, 1.807) is 12.7 Å². The molecule has 1 heterocycles. The average Bonchev–Trinajstić information content (AvgIpc) is 2.79. The molecular weight excluding hydrogens is 329 g/mol. The molecule has 0 spiro atoms. The van der Waals surface area contributed by atoms with Gasteiger partial charge in [0.25, 0.3) is 0 Å². The van der Waals surface area contributed by atoms with Crippen molar-refractivity contribution >= 4 is 22.6 Å². The van der Waals surface area contributed by atoms with Crippen molar-refractivity contribution in [3.05, 3.63) is 40.0 Å². The number of aromatic nitrogens is 3. The van der Waals surface area contributed by atoms with Gasteiger partial charge < -0.3 is 4.74 Å². The van der Waals surface area contributed by atoms with E-state index in [2.05, 4.69) is 51.7 Å². The van der Waals surface area contributed by atoms with Crippen LogP contribution in [-0.2, 0) is 6.54 Å². The first-order valence-corrected chi connectivity index (χ1v) is 6.55. The van der Waals surface area contributed by atoms with E-state index in [-0.39, 0.29) is 0 Å². The number of rotatable bonds is 5. The highest BCUT2D eigenvalue weighted by Crippen LogP contribution is 2.21. The lowest BCUT2D eigenvalue weighted by molar-refractivity contribution is 0.296. The maximum Gasteiger partial charge on any atom is 0.137 e. The van der Waals surface area contributed by atoms with Crippen molar-refractivity contribution in [2.75, 3.05) is 6.61 Å². The fraction of sp³-hybridized carbons (Fsp3) is 0.333. The Bertz CT molecular complexity index is 471. The lowest BCUT2D eigenvalue weighted by atomic mass is 10.2. The number of aryl methyl sites for hydroxylation is 2. The van der Waals surface area contributed by atoms with E-state index in [9.17, 15) is 0 Å². The lowest BCUT2D eigenvalue weighted by Crippen LogP contribution is -2.05. The molecule has 1 aromatic heterocycles. The highest BCUT2D eigenvalue weighted by Gasteiger charge is 2.00. The molecule has 0 saturated heterocycles. The molecule has 0 aliphatic rings. The zero-order chi connectivity index (χ0) is 12.1. The average molecular weight is 343 g/mol. The molecule has 1 aromatic carbocycles. The number of hydrogen-bond donors (Lipinski definition) is 0. The predicted octanol–water partition coefficient (Wildman–Crippen LogP) is 2.66. The van der Waals surface area contributed by atoms with Gasteiger partial charge >= 0.3 is 0 Å². The molecule has 0 aliphatic heterocycles. The van der Waals surface area contributed by atoms with Crippen LogP contribution in [0.3, 0.4) is 0 Å². The topological polar surface area (TPSA) is 39.9 Å². The highest BCUT2D eigenvalue weighted by molar-refractivity contribution is 14.1. The molecule has 0 amide bonds. The van der Waals surface area contributed by atoms with E-state index in [4.69, 9.17) is 4.74 Å². The summed E-state index contributed by atoms with van der Waals surface area (Å²) in [5, 5.41) is 4.04. The van der Waals surface area contributed by atoms with Crippen LogP contribution >= 0.6 is 22.6 Å². The molecule has 5 heteroatoms. The number of nitrogens with zero attached hydrogens (tertiary/aromatic N) is 3. The molecule has 0 N–H and O–H groups in total. The monoisotopic (exact) mass is 343 g/mol. The summed E-state index contributed by atoms with van der Waals surface area (Å²) in [6.45, 7) is 3.61. The van der Waals surface area contributed by atoms with Gasteiger partial charge in [-0.3, -0.25) is 4.68 Å². The Morgan fingerprint density at radius 2 is 2.29 bits per heavy atom. The van der Waals surface area contributed by atoms with Crippen LogP contribution in [0, 0.1) is 10.5 Å². The van der Waals surface area contributed by atoms with Gasteiger partial charge in [-0.25, -0.2) is 4.98 Å². The van der Waals surface area contributed by atoms with Gasteiger partial charge in [0.1, 0.15) is 18.4 Å². The Kier molecular flexibility index (Phi) is 4.36. The maximum absolute atomic E-state index is 5.72. The van der Waals surface area contributed by atoms with Crippen LogP contribution < -0.4 is 4.74 Å². The number of hydrogen-bond acceptors (Lipinski definition) is 3. The molecule has 90 valence electrons. The van der Waals surface area contributed by atoms with Gasteiger partial charge in [0.05, 0.1) is 10.2 Å². The van der Waals surface area contributed by atoms with Gasteiger partial charge in [-0.05, 0) is 47.2 Å². The summed E-state index contributed by atoms with van der Waals surface area (Å²) in [6, 6.07) is 6.20. The van der Waals surface area contributed by atoms with E-state index in [0.717, 1.165) is 22.3 Å². The Morgan fingerprint density at radius 1 is 1.41 bits per heavy atom. The first-order valence-electron chi connectivity index (χ1n) is 5.47. The molecule has 2 rings (SSSR count). The summed E-state index contributed by atoms with van der Waals surface area (Å²) in [5.41, 5.74) is 1.25. The molecule has 0 atom stereocenters. The van der Waals surface area contributed by atoms with Gasteiger partial charge in [0.15, 0.2) is 0 Å². The third-order valence-electron chi connectivity index (χ3n) is 2.34. The predicted molar refractivity (Wildman–Crippen MR) is 74.0 cm³/mol. The molecule has 0 bridgehead atoms. The summed E-state index contributed by atoms with van der Waals surface area (Å²) in [5.74, 6) is 0.954. The van der Waals surface area contributed by atoms with Crippen molar-refractivity contribution in [1.82, 2.24) is 14.8 Å². The van der Waals surface area contributed by atoms with Gasteiger partial charge in [-0.15, -0.1) is 0 Å². The van der Waals surface area contributed by atoms with E-state index >= 15 is 0 Å². The maximum atomic E-state index is 5.72. The van der Waals surface area contributed by atoms with Crippen LogP contribution in [0.25, 0.3) is 0 Å². The zero-order valence-electron chi connectivity index (χ0n) is 9.64. The van der Waals surface area contributed by atoms with Crippen molar-refractivity contribution < 1.29 is 4.74 Å². The minimum Gasteiger partial charge on any atom is -0.492 e. The molecule has 0 unspecified atom stereocenters. The molecule has 0 fully saturated rings. The molecule has 0 aliphatic carbocycles. The van der Waals surface area contributed by atoms with Crippen LogP contribution in [0.2, 0.25) is 0 Å². The molecular formula is C12H14IN3O. The minimum atomic E-state index is 0.693. The molecule has 0 saturated carbocycles. The van der Waals surface area contributed by atoms with Crippen LogP contribution in [0.4, 0.5) is 0 Å². The van der Waals surface area contributed by atoms with E-state index in [1.807, 2.05) is 10.7 Å². The van der Waals surface area contributed by atoms with E-state index < -0.39 is 0 Å². The standard InChI is InChI=1S/C12H14IN3O/c1-10-3-4-12(11(13)7-10)17-6-2-5-16-9-14-8-15-16/h3-4,7-9H,2,5-6H2,1H3. The summed E-state index contributed by atoms with van der Waals surface area (Å²) in [4.78, 5) is 3.89. The fourth-order valence-electron chi connectivity index (χ4n) is 1.48. The van der Waals surface area contributed by atoms with Crippen LogP contribution in [0.15, 0.2) is 30.9 Å². The smallest absolute Gasteiger partial charge is 0.137 e. The van der Waals surface area contributed by atoms with Gasteiger partial charge in [-0.1, -0.05) is 6.07 Å². The van der Waals surface area contributed by atoms with Gasteiger partial charge in [-0.2, -0.15) is 5.10 Å². The van der Waals surface area contributed by atoms with Crippen molar-refractivity contribution in [3.8, 4) is 5.75 Å². The summed E-state index contributed by atoms with van der Waals surface area (Å²) in [6.07, 6.45) is 4.19. The number of halogens is 1. The Labute approximate surface area is 114 Å². The Hall–Kier alpha value is -1.11. The van der Waals surface area contributed by atoms with E-state index in [1.165, 1.54) is 5.56 Å². The minimum absolute atomic E-state index is 0.693. The second-order valence-corrected chi connectivity index (χ2v) is 4.96. The third-order valence-corrected chi connectivity index (χ3v) is 3.19. The quantitative estimate of drug-likeness (QED) is 0.619. The van der Waals surface area contributed by atoms with Crippen molar-refractivity contribution in [1.29, 1.82) is 0 Å². The van der Waals surface area contributed by atoms with Crippen LogP contribution in [0.5, 0.6) is 5.75 Å².